The molecular formula is C27H50O6. The molecule has 33 heavy (non-hydrogen) atoms. The van der Waals surface area contributed by atoms with Gasteiger partial charge in [-0.15, -0.1) is 0 Å². The first-order valence-corrected chi connectivity index (χ1v) is 13.8. The zero-order chi connectivity index (χ0) is 24.4. The van der Waals surface area contributed by atoms with Crippen LogP contribution in [-0.2, 0) is 19.1 Å². The minimum absolute atomic E-state index is 0.563. The molecule has 0 spiro atoms. The van der Waals surface area contributed by atoms with E-state index < -0.39 is 29.9 Å². The van der Waals surface area contributed by atoms with Gasteiger partial charge in [-0.3, -0.25) is 0 Å². The van der Waals surface area contributed by atoms with Crippen LogP contribution < -0.4 is 0 Å². The molecule has 2 N–H and O–H groups in total. The van der Waals surface area contributed by atoms with Crippen molar-refractivity contribution < 1.29 is 29.3 Å². The third-order valence-corrected chi connectivity index (χ3v) is 6.77. The van der Waals surface area contributed by atoms with Crippen LogP contribution in [0.3, 0.4) is 0 Å². The Balaban J connectivity index is 2.43. The van der Waals surface area contributed by atoms with E-state index in [0.717, 1.165) is 38.5 Å². The SMILES string of the molecule is CCCCCCCCCCCC1(CCCCCCCCCCC)O[C@@H](C(=O)O)[C@H](C(=O)O)O1. The topological polar surface area (TPSA) is 93.1 Å². The number of carboxylic acid groups (broad SMARTS) is 2. The Hall–Kier alpha value is -1.14. The summed E-state index contributed by atoms with van der Waals surface area (Å²) in [6, 6.07) is 0. The van der Waals surface area contributed by atoms with Crippen molar-refractivity contribution in [2.45, 2.75) is 160 Å². The molecule has 6 heteroatoms. The number of ether oxygens (including phenoxy) is 2. The standard InChI is InChI=1S/C27H50O6/c1-3-5-7-9-11-13-15-17-19-21-27(22-20-18-16-14-12-10-8-6-4-2)32-23(25(28)29)24(33-27)26(30)31/h23-24H,3-22H2,1-2H3,(H,28,29)(H,30,31)/t23-,24-/m1/s1. The second-order valence-electron chi connectivity index (χ2n) is 9.82. The van der Waals surface area contributed by atoms with Crippen LogP contribution in [-0.4, -0.2) is 40.1 Å². The van der Waals surface area contributed by atoms with E-state index in [2.05, 4.69) is 13.8 Å². The molecule has 0 bridgehead atoms. The molecule has 6 nitrogen and oxygen atoms in total. The van der Waals surface area contributed by atoms with Gasteiger partial charge < -0.3 is 19.7 Å². The lowest BCUT2D eigenvalue weighted by atomic mass is 9.98. The van der Waals surface area contributed by atoms with E-state index in [9.17, 15) is 19.8 Å². The van der Waals surface area contributed by atoms with Gasteiger partial charge in [0.05, 0.1) is 0 Å². The maximum atomic E-state index is 11.6. The highest BCUT2D eigenvalue weighted by molar-refractivity contribution is 5.84. The molecule has 1 fully saturated rings. The first-order chi connectivity index (χ1) is 16.0. The summed E-state index contributed by atoms with van der Waals surface area (Å²) in [6.07, 6.45) is 19.7. The fraction of sp³-hybridized carbons (Fsp3) is 0.926. The first-order valence-electron chi connectivity index (χ1n) is 13.8. The molecule has 0 radical (unpaired) electrons. The van der Waals surface area contributed by atoms with Crippen molar-refractivity contribution in [3.05, 3.63) is 0 Å². The second-order valence-corrected chi connectivity index (χ2v) is 9.82. The van der Waals surface area contributed by atoms with E-state index in [4.69, 9.17) is 9.47 Å². The van der Waals surface area contributed by atoms with Crippen LogP contribution in [0, 0.1) is 0 Å². The summed E-state index contributed by atoms with van der Waals surface area (Å²) in [4.78, 5) is 23.2. The summed E-state index contributed by atoms with van der Waals surface area (Å²) >= 11 is 0. The molecule has 1 rings (SSSR count). The van der Waals surface area contributed by atoms with Gasteiger partial charge in [0.25, 0.3) is 0 Å². The largest absolute Gasteiger partial charge is 0.479 e. The molecule has 1 aliphatic heterocycles. The van der Waals surface area contributed by atoms with Crippen LogP contribution in [0.1, 0.15) is 142 Å². The molecule has 0 aromatic carbocycles. The van der Waals surface area contributed by atoms with Gasteiger partial charge in [-0.25, -0.2) is 9.59 Å². The molecule has 0 aliphatic carbocycles. The Labute approximate surface area is 201 Å². The normalized spacial score (nSPS) is 19.7. The molecule has 1 aliphatic rings. The van der Waals surface area contributed by atoms with Crippen molar-refractivity contribution in [3.8, 4) is 0 Å². The first kappa shape index (κ1) is 29.9. The number of hydrogen-bond donors (Lipinski definition) is 2. The van der Waals surface area contributed by atoms with Gasteiger partial charge in [-0.05, 0) is 12.8 Å². The smallest absolute Gasteiger partial charge is 0.336 e. The summed E-state index contributed by atoms with van der Waals surface area (Å²) in [6.45, 7) is 4.45. The highest BCUT2D eigenvalue weighted by Crippen LogP contribution is 2.38. The number of carboxylic acids is 2. The molecule has 194 valence electrons. The summed E-state index contributed by atoms with van der Waals surface area (Å²) in [5.41, 5.74) is 0. The van der Waals surface area contributed by atoms with Gasteiger partial charge in [-0.1, -0.05) is 117 Å². The Morgan fingerprint density at radius 2 is 0.818 bits per heavy atom. The second kappa shape index (κ2) is 18.2. The predicted molar refractivity (Wildman–Crippen MR) is 131 cm³/mol. The molecule has 0 aromatic rings. The number of unbranched alkanes of at least 4 members (excludes halogenated alkanes) is 16. The summed E-state index contributed by atoms with van der Waals surface area (Å²) in [5, 5.41) is 18.9. The molecule has 0 saturated carbocycles. The zero-order valence-electron chi connectivity index (χ0n) is 21.3. The number of hydrogen-bond acceptors (Lipinski definition) is 4. The number of aliphatic carboxylic acids is 2. The van der Waals surface area contributed by atoms with Crippen LogP contribution in [0.25, 0.3) is 0 Å². The van der Waals surface area contributed by atoms with Crippen molar-refractivity contribution in [2.24, 2.45) is 0 Å². The number of carbonyl (C=O) groups is 2. The molecule has 2 atom stereocenters. The van der Waals surface area contributed by atoms with Crippen molar-refractivity contribution in [1.29, 1.82) is 0 Å². The van der Waals surface area contributed by atoms with E-state index in [1.807, 2.05) is 0 Å². The zero-order valence-corrected chi connectivity index (χ0v) is 21.3. The lowest BCUT2D eigenvalue weighted by Gasteiger charge is -2.28. The van der Waals surface area contributed by atoms with Crippen LogP contribution in [0.2, 0.25) is 0 Å². The summed E-state index contributed by atoms with van der Waals surface area (Å²) in [5.74, 6) is -3.60. The molecule has 0 aromatic heterocycles. The van der Waals surface area contributed by atoms with Crippen molar-refractivity contribution in [3.63, 3.8) is 0 Å². The van der Waals surface area contributed by atoms with Gasteiger partial charge in [0, 0.05) is 12.8 Å². The van der Waals surface area contributed by atoms with E-state index >= 15 is 0 Å². The maximum Gasteiger partial charge on any atom is 0.336 e. The fourth-order valence-electron chi connectivity index (χ4n) is 4.74. The van der Waals surface area contributed by atoms with Crippen molar-refractivity contribution >= 4 is 11.9 Å². The monoisotopic (exact) mass is 470 g/mol. The van der Waals surface area contributed by atoms with Crippen molar-refractivity contribution in [2.75, 3.05) is 0 Å². The molecule has 0 amide bonds. The molecule has 1 heterocycles. The average molecular weight is 471 g/mol. The quantitative estimate of drug-likeness (QED) is 0.159. The lowest BCUT2D eigenvalue weighted by Crippen LogP contribution is -2.36. The third-order valence-electron chi connectivity index (χ3n) is 6.77. The van der Waals surface area contributed by atoms with Crippen LogP contribution >= 0.6 is 0 Å². The Bertz CT molecular complexity index is 475. The highest BCUT2D eigenvalue weighted by Gasteiger charge is 2.53. The van der Waals surface area contributed by atoms with E-state index in [1.165, 1.54) is 77.0 Å². The highest BCUT2D eigenvalue weighted by atomic mass is 16.8. The van der Waals surface area contributed by atoms with E-state index in [0.29, 0.717) is 12.8 Å². The van der Waals surface area contributed by atoms with Gasteiger partial charge >= 0.3 is 11.9 Å². The van der Waals surface area contributed by atoms with Crippen LogP contribution in [0.4, 0.5) is 0 Å². The van der Waals surface area contributed by atoms with Crippen LogP contribution in [0.5, 0.6) is 0 Å². The van der Waals surface area contributed by atoms with E-state index in [1.54, 1.807) is 0 Å². The Morgan fingerprint density at radius 3 is 1.09 bits per heavy atom. The van der Waals surface area contributed by atoms with E-state index in [-0.39, 0.29) is 0 Å². The van der Waals surface area contributed by atoms with Gasteiger partial charge in [0.1, 0.15) is 0 Å². The van der Waals surface area contributed by atoms with Gasteiger partial charge in [-0.2, -0.15) is 0 Å². The Kier molecular flexibility index (Phi) is 16.5. The summed E-state index contributed by atoms with van der Waals surface area (Å²) < 4.78 is 11.7. The van der Waals surface area contributed by atoms with Gasteiger partial charge in [0.2, 0.25) is 0 Å². The summed E-state index contributed by atoms with van der Waals surface area (Å²) in [7, 11) is 0. The fourth-order valence-corrected chi connectivity index (χ4v) is 4.74. The Morgan fingerprint density at radius 1 is 0.545 bits per heavy atom. The van der Waals surface area contributed by atoms with Gasteiger partial charge in [0.15, 0.2) is 18.0 Å². The van der Waals surface area contributed by atoms with Crippen LogP contribution in [0.15, 0.2) is 0 Å². The minimum atomic E-state index is -1.43. The van der Waals surface area contributed by atoms with Crippen molar-refractivity contribution in [1.82, 2.24) is 0 Å². The lowest BCUT2D eigenvalue weighted by molar-refractivity contribution is -0.195. The molecule has 0 unspecified atom stereocenters. The minimum Gasteiger partial charge on any atom is -0.479 e. The molecule has 1 saturated heterocycles. The molecular weight excluding hydrogens is 420 g/mol. The predicted octanol–water partition coefficient (Wildman–Crippen LogP) is 7.48. The maximum absolute atomic E-state index is 11.6. The third kappa shape index (κ3) is 12.8. The number of rotatable bonds is 22. The average Bonchev–Trinajstić information content (AvgIpc) is 3.18.